The fourth-order valence-corrected chi connectivity index (χ4v) is 2.19. The van der Waals surface area contributed by atoms with Gasteiger partial charge in [-0.05, 0) is 47.9 Å². The van der Waals surface area contributed by atoms with Crippen LogP contribution in [0.1, 0.15) is 16.7 Å². The number of aryl methyl sites for hydroxylation is 1. The second-order valence-electron chi connectivity index (χ2n) is 4.58. The fourth-order valence-electron chi connectivity index (χ4n) is 2.19. The number of benzene rings is 1. The van der Waals surface area contributed by atoms with Crippen molar-refractivity contribution in [3.8, 4) is 0 Å². The van der Waals surface area contributed by atoms with Gasteiger partial charge >= 0.3 is 0 Å². The van der Waals surface area contributed by atoms with Gasteiger partial charge in [0.25, 0.3) is 0 Å². The van der Waals surface area contributed by atoms with E-state index in [1.807, 2.05) is 12.1 Å². The van der Waals surface area contributed by atoms with E-state index in [4.69, 9.17) is 0 Å². The maximum absolute atomic E-state index is 13.8. The lowest BCUT2D eigenvalue weighted by Crippen LogP contribution is -1.95. The zero-order chi connectivity index (χ0) is 13.4. The maximum Gasteiger partial charge on any atom is 0.137 e. The van der Waals surface area contributed by atoms with Gasteiger partial charge in [-0.15, -0.1) is 0 Å². The SMILES string of the molecule is Cc1cc(F)c(Cc2c[nH]c3ncccc23)cc1F. The molecule has 1 N–H and O–H groups in total. The lowest BCUT2D eigenvalue weighted by molar-refractivity contribution is 0.582. The topological polar surface area (TPSA) is 28.7 Å². The number of aromatic nitrogens is 2. The van der Waals surface area contributed by atoms with Gasteiger partial charge in [-0.25, -0.2) is 13.8 Å². The van der Waals surface area contributed by atoms with E-state index >= 15 is 0 Å². The molecular formula is C15H12F2N2. The van der Waals surface area contributed by atoms with Crippen molar-refractivity contribution in [2.45, 2.75) is 13.3 Å². The molecule has 0 unspecified atom stereocenters. The molecule has 0 saturated carbocycles. The molecule has 2 heterocycles. The molecule has 2 aromatic heterocycles. The van der Waals surface area contributed by atoms with Crippen molar-refractivity contribution in [1.29, 1.82) is 0 Å². The third-order valence-electron chi connectivity index (χ3n) is 3.25. The van der Waals surface area contributed by atoms with Crippen LogP contribution in [0.2, 0.25) is 0 Å². The van der Waals surface area contributed by atoms with Crippen LogP contribution >= 0.6 is 0 Å². The summed E-state index contributed by atoms with van der Waals surface area (Å²) in [5, 5.41) is 0.933. The summed E-state index contributed by atoms with van der Waals surface area (Å²) in [7, 11) is 0. The van der Waals surface area contributed by atoms with Crippen molar-refractivity contribution in [2.24, 2.45) is 0 Å². The molecule has 0 atom stereocenters. The summed E-state index contributed by atoms with van der Waals surface area (Å²) in [6, 6.07) is 6.24. The lowest BCUT2D eigenvalue weighted by atomic mass is 10.0. The van der Waals surface area contributed by atoms with Crippen LogP contribution < -0.4 is 0 Å². The van der Waals surface area contributed by atoms with E-state index in [0.717, 1.165) is 16.6 Å². The summed E-state index contributed by atoms with van der Waals surface area (Å²) in [6.07, 6.45) is 3.82. The predicted octanol–water partition coefficient (Wildman–Crippen LogP) is 3.74. The minimum Gasteiger partial charge on any atom is -0.346 e. The summed E-state index contributed by atoms with van der Waals surface area (Å²) < 4.78 is 27.3. The number of aromatic amines is 1. The molecule has 0 bridgehead atoms. The van der Waals surface area contributed by atoms with E-state index < -0.39 is 0 Å². The average Bonchev–Trinajstić information content (AvgIpc) is 2.80. The quantitative estimate of drug-likeness (QED) is 0.745. The Hall–Kier alpha value is -2.23. The minimum atomic E-state index is -0.380. The number of halogens is 2. The molecule has 0 saturated heterocycles. The third-order valence-corrected chi connectivity index (χ3v) is 3.25. The van der Waals surface area contributed by atoms with Crippen molar-refractivity contribution in [3.05, 3.63) is 65.0 Å². The first-order chi connectivity index (χ1) is 9.15. The molecule has 0 aliphatic heterocycles. The maximum atomic E-state index is 13.8. The van der Waals surface area contributed by atoms with Crippen LogP contribution in [0.5, 0.6) is 0 Å². The van der Waals surface area contributed by atoms with Gasteiger partial charge in [0.1, 0.15) is 17.3 Å². The van der Waals surface area contributed by atoms with Crippen LogP contribution in [0.15, 0.2) is 36.7 Å². The highest BCUT2D eigenvalue weighted by molar-refractivity contribution is 5.79. The first-order valence-electron chi connectivity index (χ1n) is 6.00. The number of hydrogen-bond acceptors (Lipinski definition) is 1. The van der Waals surface area contributed by atoms with Crippen molar-refractivity contribution in [1.82, 2.24) is 9.97 Å². The largest absolute Gasteiger partial charge is 0.346 e. The van der Waals surface area contributed by atoms with Crippen molar-refractivity contribution in [2.75, 3.05) is 0 Å². The summed E-state index contributed by atoms with van der Waals surface area (Å²) in [6.45, 7) is 1.55. The Morgan fingerprint density at radius 2 is 2.00 bits per heavy atom. The number of nitrogens with one attached hydrogen (secondary N) is 1. The van der Waals surface area contributed by atoms with Crippen molar-refractivity contribution in [3.63, 3.8) is 0 Å². The molecule has 0 aliphatic carbocycles. The molecule has 3 aromatic rings. The van der Waals surface area contributed by atoms with Crippen molar-refractivity contribution >= 4 is 11.0 Å². The second kappa shape index (κ2) is 4.46. The van der Waals surface area contributed by atoms with E-state index in [-0.39, 0.29) is 11.6 Å². The number of H-pyrrole nitrogens is 1. The first kappa shape index (κ1) is 11.8. The molecule has 0 amide bonds. The monoisotopic (exact) mass is 258 g/mol. The van der Waals surface area contributed by atoms with Gasteiger partial charge in [0.15, 0.2) is 0 Å². The first-order valence-corrected chi connectivity index (χ1v) is 6.00. The predicted molar refractivity (Wildman–Crippen MR) is 70.0 cm³/mol. The summed E-state index contributed by atoms with van der Waals surface area (Å²) in [4.78, 5) is 7.20. The molecule has 0 radical (unpaired) electrons. The van der Waals surface area contributed by atoms with Gasteiger partial charge in [-0.3, -0.25) is 0 Å². The van der Waals surface area contributed by atoms with Gasteiger partial charge in [0.05, 0.1) is 0 Å². The standard InChI is InChI=1S/C15H12F2N2/c1-9-5-14(17)10(7-13(9)16)6-11-8-19-15-12(11)3-2-4-18-15/h2-5,7-8H,6H2,1H3,(H,18,19). The van der Waals surface area contributed by atoms with E-state index in [2.05, 4.69) is 9.97 Å². The van der Waals surface area contributed by atoms with Gasteiger partial charge in [-0.1, -0.05) is 0 Å². The second-order valence-corrected chi connectivity index (χ2v) is 4.58. The van der Waals surface area contributed by atoms with E-state index in [0.29, 0.717) is 17.5 Å². The fraction of sp³-hybridized carbons (Fsp3) is 0.133. The minimum absolute atomic E-state index is 0.321. The number of hydrogen-bond donors (Lipinski definition) is 1. The Morgan fingerprint density at radius 3 is 2.84 bits per heavy atom. The number of rotatable bonds is 2. The lowest BCUT2D eigenvalue weighted by Gasteiger charge is -2.05. The smallest absolute Gasteiger partial charge is 0.137 e. The number of nitrogens with zero attached hydrogens (tertiary/aromatic N) is 1. The normalized spacial score (nSPS) is 11.1. The Balaban J connectivity index is 2.04. The van der Waals surface area contributed by atoms with Crippen LogP contribution in [-0.4, -0.2) is 9.97 Å². The van der Waals surface area contributed by atoms with Gasteiger partial charge in [0, 0.05) is 24.2 Å². The van der Waals surface area contributed by atoms with Crippen LogP contribution in [0.4, 0.5) is 8.78 Å². The Morgan fingerprint density at radius 1 is 1.16 bits per heavy atom. The average molecular weight is 258 g/mol. The van der Waals surface area contributed by atoms with E-state index in [1.54, 1.807) is 19.3 Å². The van der Waals surface area contributed by atoms with E-state index in [1.165, 1.54) is 12.1 Å². The molecule has 0 aliphatic rings. The Kier molecular flexibility index (Phi) is 2.78. The molecule has 4 heteroatoms. The van der Waals surface area contributed by atoms with Crippen LogP contribution in [0, 0.1) is 18.6 Å². The number of pyridine rings is 1. The molecule has 19 heavy (non-hydrogen) atoms. The number of fused-ring (bicyclic) bond motifs is 1. The van der Waals surface area contributed by atoms with Crippen LogP contribution in [0.3, 0.4) is 0 Å². The highest BCUT2D eigenvalue weighted by atomic mass is 19.1. The van der Waals surface area contributed by atoms with Gasteiger partial charge in [0.2, 0.25) is 0 Å². The zero-order valence-electron chi connectivity index (χ0n) is 10.4. The summed E-state index contributed by atoms with van der Waals surface area (Å²) in [5.74, 6) is -0.758. The van der Waals surface area contributed by atoms with Crippen LogP contribution in [0.25, 0.3) is 11.0 Å². The molecule has 3 rings (SSSR count). The summed E-state index contributed by atoms with van der Waals surface area (Å²) >= 11 is 0. The Bertz CT molecular complexity index is 747. The molecule has 0 fully saturated rings. The van der Waals surface area contributed by atoms with Crippen molar-refractivity contribution < 1.29 is 8.78 Å². The molecule has 0 spiro atoms. The molecule has 1 aromatic carbocycles. The van der Waals surface area contributed by atoms with Crippen LogP contribution in [-0.2, 0) is 6.42 Å². The molecular weight excluding hydrogens is 246 g/mol. The van der Waals surface area contributed by atoms with Gasteiger partial charge in [-0.2, -0.15) is 0 Å². The third kappa shape index (κ3) is 2.10. The zero-order valence-corrected chi connectivity index (χ0v) is 10.4. The molecule has 2 nitrogen and oxygen atoms in total. The van der Waals surface area contributed by atoms with Gasteiger partial charge < -0.3 is 4.98 Å². The van der Waals surface area contributed by atoms with E-state index in [9.17, 15) is 8.78 Å². The summed E-state index contributed by atoms with van der Waals surface area (Å²) in [5.41, 5.74) is 2.34. The highest BCUT2D eigenvalue weighted by Gasteiger charge is 2.11. The highest BCUT2D eigenvalue weighted by Crippen LogP contribution is 2.22. The molecule has 96 valence electrons. The Labute approximate surface area is 109 Å².